The number of halogens is 17. The minimum Gasteiger partial charge on any atom is -0.283 e. The van der Waals surface area contributed by atoms with Crippen LogP contribution in [0.3, 0.4) is 0 Å². The van der Waals surface area contributed by atoms with Gasteiger partial charge in [0.15, 0.2) is 0 Å². The molecule has 1 N–H and O–H groups in total. The highest BCUT2D eigenvalue weighted by molar-refractivity contribution is 7.87. The molecule has 0 aromatic carbocycles. The van der Waals surface area contributed by atoms with E-state index in [1.165, 1.54) is 0 Å². The SMILES string of the molecule is O=S(=O)(O)C(F)(C(F)(F)C(F)(F)F)C(F)(C(F)(F)F)C(F)(F)C(F)(F)C(F)(F)F. The van der Waals surface area contributed by atoms with Gasteiger partial charge in [-0.1, -0.05) is 0 Å². The average Bonchev–Trinajstić information content (AvgIpc) is 2.39. The van der Waals surface area contributed by atoms with Crippen molar-refractivity contribution in [2.75, 3.05) is 0 Å². The molecule has 3 nitrogen and oxygen atoms in total. The van der Waals surface area contributed by atoms with E-state index in [1.807, 2.05) is 0 Å². The maximum absolute atomic E-state index is 13.9. The summed E-state index contributed by atoms with van der Waals surface area (Å²) >= 11 is 0. The standard InChI is InChI=1S/C8HF17O3S/c9-1(6(17,18)19,2(10,11)3(12,13)7(20,21)22)5(16,29(26,27)28)4(14,15)8(23,24)25/h(H,26,27,28). The zero-order chi connectivity index (χ0) is 24.5. The van der Waals surface area contributed by atoms with E-state index in [9.17, 15) is 83.1 Å². The van der Waals surface area contributed by atoms with E-state index in [0.717, 1.165) is 0 Å². The highest BCUT2D eigenvalue weighted by Crippen LogP contribution is 2.67. The zero-order valence-corrected chi connectivity index (χ0v) is 12.9. The van der Waals surface area contributed by atoms with Gasteiger partial charge < -0.3 is 0 Å². The van der Waals surface area contributed by atoms with Crippen LogP contribution in [0.5, 0.6) is 0 Å². The second-order valence-corrected chi connectivity index (χ2v) is 6.46. The van der Waals surface area contributed by atoms with Gasteiger partial charge in [-0.15, -0.1) is 0 Å². The highest BCUT2D eigenvalue weighted by atomic mass is 32.2. The summed E-state index contributed by atoms with van der Waals surface area (Å²) in [6, 6.07) is 0. The van der Waals surface area contributed by atoms with E-state index in [-0.39, 0.29) is 0 Å². The van der Waals surface area contributed by atoms with Crippen LogP contribution in [0.25, 0.3) is 0 Å². The third-order valence-electron chi connectivity index (χ3n) is 3.13. The summed E-state index contributed by atoms with van der Waals surface area (Å²) in [6.07, 6.45) is -24.9. The lowest BCUT2D eigenvalue weighted by molar-refractivity contribution is -0.443. The van der Waals surface area contributed by atoms with Crippen molar-refractivity contribution in [2.24, 2.45) is 0 Å². The van der Waals surface area contributed by atoms with Crippen LogP contribution in [0.2, 0.25) is 0 Å². The third kappa shape index (κ3) is 3.26. The zero-order valence-electron chi connectivity index (χ0n) is 12.1. The fourth-order valence-electron chi connectivity index (χ4n) is 1.69. The molecule has 0 rings (SSSR count). The molecule has 21 heteroatoms. The molecular formula is C8HF17O3S. The van der Waals surface area contributed by atoms with Crippen molar-refractivity contribution < 1.29 is 87.6 Å². The summed E-state index contributed by atoms with van der Waals surface area (Å²) in [4.78, 5) is 0. The van der Waals surface area contributed by atoms with Gasteiger partial charge in [0.2, 0.25) is 0 Å². The molecule has 0 amide bonds. The Kier molecular flexibility index (Phi) is 6.08. The van der Waals surface area contributed by atoms with Crippen molar-refractivity contribution in [3.63, 3.8) is 0 Å². The number of hydrogen-bond donors (Lipinski definition) is 1. The Morgan fingerprint density at radius 1 is 0.448 bits per heavy atom. The van der Waals surface area contributed by atoms with Crippen LogP contribution in [0.15, 0.2) is 0 Å². The first-order valence-electron chi connectivity index (χ1n) is 5.68. The molecule has 0 saturated carbocycles. The molecule has 0 spiro atoms. The molecule has 0 bridgehead atoms. The fraction of sp³-hybridized carbons (Fsp3) is 1.00. The molecule has 29 heavy (non-hydrogen) atoms. The van der Waals surface area contributed by atoms with Gasteiger partial charge in [0.1, 0.15) is 0 Å². The Hall–Kier alpha value is -1.28. The van der Waals surface area contributed by atoms with E-state index in [1.54, 1.807) is 0 Å². The van der Waals surface area contributed by atoms with Gasteiger partial charge in [-0.2, -0.15) is 74.3 Å². The van der Waals surface area contributed by atoms with Crippen molar-refractivity contribution in [1.82, 2.24) is 0 Å². The number of alkyl halides is 17. The Morgan fingerprint density at radius 2 is 0.724 bits per heavy atom. The van der Waals surface area contributed by atoms with Gasteiger partial charge in [-0.3, -0.25) is 4.55 Å². The maximum atomic E-state index is 13.9. The Bertz CT molecular complexity index is 729. The van der Waals surface area contributed by atoms with E-state index in [0.29, 0.717) is 0 Å². The first-order chi connectivity index (χ1) is 12.0. The second-order valence-electron chi connectivity index (χ2n) is 4.95. The lowest BCUT2D eigenvalue weighted by atomic mass is 9.83. The van der Waals surface area contributed by atoms with Crippen molar-refractivity contribution in [3.05, 3.63) is 0 Å². The molecule has 2 atom stereocenters. The Labute approximate surface area is 146 Å². The lowest BCUT2D eigenvalue weighted by Gasteiger charge is -2.46. The van der Waals surface area contributed by atoms with Crippen molar-refractivity contribution >= 4 is 10.1 Å². The summed E-state index contributed by atoms with van der Waals surface area (Å²) in [7, 11) is -8.85. The predicted molar refractivity (Wildman–Crippen MR) is 52.2 cm³/mol. The van der Waals surface area contributed by atoms with Crippen LogP contribution in [-0.2, 0) is 10.1 Å². The summed E-state index contributed by atoms with van der Waals surface area (Å²) in [5, 5.41) is -8.89. The van der Waals surface area contributed by atoms with Gasteiger partial charge >= 0.3 is 57.1 Å². The summed E-state index contributed by atoms with van der Waals surface area (Å²) in [5.74, 6) is -26.3. The first kappa shape index (κ1) is 27.7. The molecule has 2 unspecified atom stereocenters. The van der Waals surface area contributed by atoms with Crippen LogP contribution < -0.4 is 0 Å². The molecule has 0 aliphatic heterocycles. The average molecular weight is 500 g/mol. The monoisotopic (exact) mass is 500 g/mol. The molecule has 0 aromatic rings. The van der Waals surface area contributed by atoms with E-state index < -0.39 is 57.1 Å². The van der Waals surface area contributed by atoms with Crippen LogP contribution in [-0.4, -0.2) is 59.9 Å². The summed E-state index contributed by atoms with van der Waals surface area (Å²) in [6.45, 7) is 0. The first-order valence-corrected chi connectivity index (χ1v) is 7.12. The molecule has 0 aliphatic rings. The minimum atomic E-state index is -9.22. The third-order valence-corrected chi connectivity index (χ3v) is 4.38. The molecule has 0 aliphatic carbocycles. The van der Waals surface area contributed by atoms with Crippen LogP contribution in [0.1, 0.15) is 0 Å². The van der Waals surface area contributed by atoms with Gasteiger partial charge in [0.25, 0.3) is 0 Å². The van der Waals surface area contributed by atoms with E-state index >= 15 is 0 Å². The van der Waals surface area contributed by atoms with Gasteiger partial charge in [0.05, 0.1) is 0 Å². The highest BCUT2D eigenvalue weighted by Gasteiger charge is 3.00. The Balaban J connectivity index is 7.86. The van der Waals surface area contributed by atoms with E-state index in [4.69, 9.17) is 4.55 Å². The molecular weight excluding hydrogens is 499 g/mol. The lowest BCUT2D eigenvalue weighted by Crippen LogP contribution is -2.81. The predicted octanol–water partition coefficient (Wildman–Crippen LogP) is 4.84. The molecule has 0 heterocycles. The topological polar surface area (TPSA) is 54.4 Å². The number of rotatable bonds is 5. The van der Waals surface area contributed by atoms with Gasteiger partial charge in [0, 0.05) is 0 Å². The Morgan fingerprint density at radius 3 is 0.897 bits per heavy atom. The van der Waals surface area contributed by atoms with Crippen LogP contribution in [0, 0.1) is 0 Å². The summed E-state index contributed by atoms with van der Waals surface area (Å²) in [5.41, 5.74) is -9.22. The van der Waals surface area contributed by atoms with Crippen LogP contribution in [0.4, 0.5) is 74.6 Å². The molecule has 0 fully saturated rings. The normalized spacial score (nSPS) is 20.2. The molecule has 176 valence electrons. The maximum Gasteiger partial charge on any atom is 0.460 e. The molecule has 0 radical (unpaired) electrons. The molecule has 0 saturated heterocycles. The van der Waals surface area contributed by atoms with E-state index in [2.05, 4.69) is 0 Å². The second kappa shape index (κ2) is 6.36. The van der Waals surface area contributed by atoms with Crippen LogP contribution >= 0.6 is 0 Å². The largest absolute Gasteiger partial charge is 0.460 e. The molecule has 0 aromatic heterocycles. The quantitative estimate of drug-likeness (QED) is 0.435. The van der Waals surface area contributed by atoms with Gasteiger partial charge in [-0.05, 0) is 0 Å². The minimum absolute atomic E-state index is 7.98. The smallest absolute Gasteiger partial charge is 0.283 e. The van der Waals surface area contributed by atoms with Crippen molar-refractivity contribution in [1.29, 1.82) is 0 Å². The fourth-order valence-corrected chi connectivity index (χ4v) is 2.73. The van der Waals surface area contributed by atoms with Crippen molar-refractivity contribution in [3.8, 4) is 0 Å². The van der Waals surface area contributed by atoms with Gasteiger partial charge in [-0.25, -0.2) is 8.78 Å². The number of hydrogen-bond acceptors (Lipinski definition) is 2. The van der Waals surface area contributed by atoms with Crippen molar-refractivity contribution in [2.45, 2.75) is 47.0 Å². The summed E-state index contributed by atoms with van der Waals surface area (Å²) < 4.78 is 245.